The Balaban J connectivity index is 2.23. The summed E-state index contributed by atoms with van der Waals surface area (Å²) in [5.74, 6) is 0. The number of rotatable bonds is 2. The quantitative estimate of drug-likeness (QED) is 0.742. The van der Waals surface area contributed by atoms with E-state index in [1.807, 2.05) is 44.2 Å². The Hall–Kier alpha value is -1.51. The number of likely N-dealkylation sites (N-methyl/N-ethyl adjacent to an activating group) is 1. The molecule has 15 heavy (non-hydrogen) atoms. The SMILES string of the molecule is CCN1C(=O)O[C@@H](c2ccccc2)[C@H]1C. The third-order valence-corrected chi connectivity index (χ3v) is 2.86. The van der Waals surface area contributed by atoms with Crippen LogP contribution >= 0.6 is 0 Å². The lowest BCUT2D eigenvalue weighted by molar-refractivity contribution is 0.131. The molecule has 0 saturated carbocycles. The van der Waals surface area contributed by atoms with Crippen molar-refractivity contribution < 1.29 is 9.53 Å². The molecule has 2 rings (SSSR count). The second kappa shape index (κ2) is 3.93. The first-order valence-corrected chi connectivity index (χ1v) is 5.26. The Morgan fingerprint density at radius 3 is 2.53 bits per heavy atom. The van der Waals surface area contributed by atoms with E-state index in [1.54, 1.807) is 4.90 Å². The lowest BCUT2D eigenvalue weighted by Gasteiger charge is -2.18. The molecule has 0 radical (unpaired) electrons. The molecule has 0 spiro atoms. The standard InChI is InChI=1S/C12H15NO2/c1-3-13-9(2)11(15-12(13)14)10-7-5-4-6-8-10/h4-9,11H,3H2,1-2H3/t9-,11-/m1/s1. The summed E-state index contributed by atoms with van der Waals surface area (Å²) in [6.45, 7) is 4.68. The van der Waals surface area contributed by atoms with Gasteiger partial charge in [-0.1, -0.05) is 30.3 Å². The highest BCUT2D eigenvalue weighted by atomic mass is 16.6. The highest BCUT2D eigenvalue weighted by Gasteiger charge is 2.38. The van der Waals surface area contributed by atoms with Crippen LogP contribution in [0, 0.1) is 0 Å². The van der Waals surface area contributed by atoms with Crippen molar-refractivity contribution in [3.8, 4) is 0 Å². The molecule has 1 aliphatic heterocycles. The molecule has 0 aromatic heterocycles. The van der Waals surface area contributed by atoms with E-state index in [0.717, 1.165) is 5.56 Å². The Bertz CT molecular complexity index is 350. The van der Waals surface area contributed by atoms with E-state index in [0.29, 0.717) is 6.54 Å². The smallest absolute Gasteiger partial charge is 0.410 e. The minimum atomic E-state index is -0.209. The van der Waals surface area contributed by atoms with E-state index in [9.17, 15) is 4.79 Å². The van der Waals surface area contributed by atoms with Gasteiger partial charge in [-0.2, -0.15) is 0 Å². The molecule has 0 bridgehead atoms. The van der Waals surface area contributed by atoms with Crippen LogP contribution in [0.25, 0.3) is 0 Å². The van der Waals surface area contributed by atoms with E-state index in [2.05, 4.69) is 0 Å². The number of hydrogen-bond donors (Lipinski definition) is 0. The summed E-state index contributed by atoms with van der Waals surface area (Å²) in [6.07, 6.45) is -0.336. The molecule has 0 unspecified atom stereocenters. The zero-order chi connectivity index (χ0) is 10.8. The summed E-state index contributed by atoms with van der Waals surface area (Å²) in [6, 6.07) is 9.99. The average molecular weight is 205 g/mol. The number of carbonyl (C=O) groups is 1. The molecule has 3 nitrogen and oxygen atoms in total. The molecule has 1 aromatic rings. The summed E-state index contributed by atoms with van der Waals surface area (Å²) in [4.78, 5) is 13.3. The van der Waals surface area contributed by atoms with Gasteiger partial charge in [-0.05, 0) is 19.4 Å². The number of carbonyl (C=O) groups excluding carboxylic acids is 1. The van der Waals surface area contributed by atoms with Gasteiger partial charge in [0, 0.05) is 6.54 Å². The van der Waals surface area contributed by atoms with Crippen molar-refractivity contribution in [1.29, 1.82) is 0 Å². The predicted octanol–water partition coefficient (Wildman–Crippen LogP) is 2.59. The maximum atomic E-state index is 11.5. The van der Waals surface area contributed by atoms with Crippen LogP contribution in [0.5, 0.6) is 0 Å². The Labute approximate surface area is 89.7 Å². The second-order valence-corrected chi connectivity index (χ2v) is 3.74. The van der Waals surface area contributed by atoms with Crippen molar-refractivity contribution >= 4 is 6.09 Å². The molecule has 0 N–H and O–H groups in total. The maximum Gasteiger partial charge on any atom is 0.410 e. The third-order valence-electron chi connectivity index (χ3n) is 2.86. The molecular weight excluding hydrogens is 190 g/mol. The van der Waals surface area contributed by atoms with Crippen molar-refractivity contribution in [1.82, 2.24) is 4.90 Å². The van der Waals surface area contributed by atoms with Gasteiger partial charge in [-0.25, -0.2) is 4.79 Å². The zero-order valence-corrected chi connectivity index (χ0v) is 9.01. The predicted molar refractivity (Wildman–Crippen MR) is 57.5 cm³/mol. The lowest BCUT2D eigenvalue weighted by Crippen LogP contribution is -2.31. The molecule has 1 heterocycles. The molecular formula is C12H15NO2. The molecule has 80 valence electrons. The molecule has 0 aliphatic carbocycles. The van der Waals surface area contributed by atoms with E-state index in [-0.39, 0.29) is 18.2 Å². The number of hydrogen-bond acceptors (Lipinski definition) is 2. The van der Waals surface area contributed by atoms with Gasteiger partial charge in [0.2, 0.25) is 0 Å². The first kappa shape index (κ1) is 10.0. The van der Waals surface area contributed by atoms with Gasteiger partial charge in [0.25, 0.3) is 0 Å². The summed E-state index contributed by atoms with van der Waals surface area (Å²) >= 11 is 0. The topological polar surface area (TPSA) is 29.5 Å². The number of nitrogens with zero attached hydrogens (tertiary/aromatic N) is 1. The van der Waals surface area contributed by atoms with Gasteiger partial charge in [0.15, 0.2) is 0 Å². The minimum Gasteiger partial charge on any atom is -0.439 e. The van der Waals surface area contributed by atoms with Crippen molar-refractivity contribution in [3.05, 3.63) is 35.9 Å². The molecule has 1 aliphatic rings. The normalized spacial score (nSPS) is 25.5. The number of ether oxygens (including phenoxy) is 1. The molecule has 1 saturated heterocycles. The molecule has 1 aromatic carbocycles. The van der Waals surface area contributed by atoms with Crippen LogP contribution in [0.4, 0.5) is 4.79 Å². The average Bonchev–Trinajstić information content (AvgIpc) is 2.55. The zero-order valence-electron chi connectivity index (χ0n) is 9.01. The maximum absolute atomic E-state index is 11.5. The number of amides is 1. The summed E-state index contributed by atoms with van der Waals surface area (Å²) < 4.78 is 5.35. The van der Waals surface area contributed by atoms with Crippen LogP contribution in [0.2, 0.25) is 0 Å². The fourth-order valence-corrected chi connectivity index (χ4v) is 2.01. The van der Waals surface area contributed by atoms with Gasteiger partial charge < -0.3 is 9.64 Å². The van der Waals surface area contributed by atoms with Crippen molar-refractivity contribution in [2.75, 3.05) is 6.54 Å². The Morgan fingerprint density at radius 2 is 2.00 bits per heavy atom. The van der Waals surface area contributed by atoms with Gasteiger partial charge >= 0.3 is 6.09 Å². The van der Waals surface area contributed by atoms with E-state index >= 15 is 0 Å². The molecule has 1 fully saturated rings. The monoisotopic (exact) mass is 205 g/mol. The highest BCUT2D eigenvalue weighted by molar-refractivity contribution is 5.70. The first-order chi connectivity index (χ1) is 7.24. The van der Waals surface area contributed by atoms with Gasteiger partial charge in [0.1, 0.15) is 6.10 Å². The highest BCUT2D eigenvalue weighted by Crippen LogP contribution is 2.31. The van der Waals surface area contributed by atoms with Crippen LogP contribution in [0.15, 0.2) is 30.3 Å². The lowest BCUT2D eigenvalue weighted by atomic mass is 10.0. The molecule has 2 atom stereocenters. The van der Waals surface area contributed by atoms with E-state index < -0.39 is 0 Å². The van der Waals surface area contributed by atoms with Gasteiger partial charge in [-0.15, -0.1) is 0 Å². The third kappa shape index (κ3) is 1.69. The molecule has 3 heteroatoms. The fourth-order valence-electron chi connectivity index (χ4n) is 2.01. The van der Waals surface area contributed by atoms with Crippen LogP contribution in [0.1, 0.15) is 25.5 Å². The summed E-state index contributed by atoms with van der Waals surface area (Å²) in [7, 11) is 0. The van der Waals surface area contributed by atoms with Crippen molar-refractivity contribution in [2.45, 2.75) is 26.0 Å². The molecule has 1 amide bonds. The van der Waals surface area contributed by atoms with Gasteiger partial charge in [0.05, 0.1) is 6.04 Å². The van der Waals surface area contributed by atoms with Gasteiger partial charge in [-0.3, -0.25) is 0 Å². The van der Waals surface area contributed by atoms with E-state index in [1.165, 1.54) is 0 Å². The summed E-state index contributed by atoms with van der Waals surface area (Å²) in [5.41, 5.74) is 1.06. The summed E-state index contributed by atoms with van der Waals surface area (Å²) in [5, 5.41) is 0. The van der Waals surface area contributed by atoms with Crippen LogP contribution in [0.3, 0.4) is 0 Å². The van der Waals surface area contributed by atoms with Crippen molar-refractivity contribution in [2.24, 2.45) is 0 Å². The van der Waals surface area contributed by atoms with E-state index in [4.69, 9.17) is 4.74 Å². The number of cyclic esters (lactones) is 1. The first-order valence-electron chi connectivity index (χ1n) is 5.26. The van der Waals surface area contributed by atoms with Crippen LogP contribution in [-0.2, 0) is 4.74 Å². The minimum absolute atomic E-state index is 0.116. The Morgan fingerprint density at radius 1 is 1.33 bits per heavy atom. The number of benzene rings is 1. The van der Waals surface area contributed by atoms with Crippen molar-refractivity contribution in [3.63, 3.8) is 0 Å². The second-order valence-electron chi connectivity index (χ2n) is 3.74. The Kier molecular flexibility index (Phi) is 2.62. The van der Waals surface area contributed by atoms with Crippen LogP contribution in [-0.4, -0.2) is 23.6 Å². The van der Waals surface area contributed by atoms with Crippen LogP contribution < -0.4 is 0 Å². The fraction of sp³-hybridized carbons (Fsp3) is 0.417. The largest absolute Gasteiger partial charge is 0.439 e.